The molecule has 3 rings (SSSR count). The summed E-state index contributed by atoms with van der Waals surface area (Å²) in [6.45, 7) is 4.12. The summed E-state index contributed by atoms with van der Waals surface area (Å²) in [6.07, 6.45) is 0.995. The highest BCUT2D eigenvalue weighted by atomic mass is 35.5. The number of amides is 1. The maximum atomic E-state index is 12.4. The quantitative estimate of drug-likeness (QED) is 0.904. The number of carbonyl (C=O) groups is 1. The van der Waals surface area contributed by atoms with Crippen LogP contribution in [0.2, 0.25) is 0 Å². The van der Waals surface area contributed by atoms with E-state index in [4.69, 9.17) is 0 Å². The number of hydrogen-bond donors (Lipinski definition) is 2. The third kappa shape index (κ3) is 4.34. The molecule has 1 saturated heterocycles. The molecule has 0 saturated carbocycles. The summed E-state index contributed by atoms with van der Waals surface area (Å²) in [7, 11) is 0. The summed E-state index contributed by atoms with van der Waals surface area (Å²) in [6, 6.07) is 18.3. The summed E-state index contributed by atoms with van der Waals surface area (Å²) in [5, 5.41) is 6.52. The molecule has 0 spiro atoms. The number of carbonyl (C=O) groups excluding carboxylic acids is 1. The van der Waals surface area contributed by atoms with Gasteiger partial charge < -0.3 is 10.6 Å². The first kappa shape index (κ1) is 17.5. The average Bonchev–Trinajstić information content (AvgIpc) is 2.58. The van der Waals surface area contributed by atoms with E-state index in [0.29, 0.717) is 5.92 Å². The zero-order valence-corrected chi connectivity index (χ0v) is 14.1. The van der Waals surface area contributed by atoms with Crippen molar-refractivity contribution in [1.29, 1.82) is 0 Å². The molecule has 122 valence electrons. The lowest BCUT2D eigenvalue weighted by atomic mass is 9.95. The van der Waals surface area contributed by atoms with E-state index in [-0.39, 0.29) is 24.4 Å². The lowest BCUT2D eigenvalue weighted by molar-refractivity contribution is 0.0914. The molecule has 2 atom stereocenters. The smallest absolute Gasteiger partial charge is 0.251 e. The minimum atomic E-state index is 0. The van der Waals surface area contributed by atoms with Crippen LogP contribution in [0.4, 0.5) is 0 Å². The number of nitrogens with one attached hydrogen (secondary N) is 2. The van der Waals surface area contributed by atoms with Crippen molar-refractivity contribution >= 4 is 18.3 Å². The van der Waals surface area contributed by atoms with Crippen molar-refractivity contribution in [3.05, 3.63) is 60.2 Å². The first-order chi connectivity index (χ1) is 10.7. The molecule has 0 bridgehead atoms. The van der Waals surface area contributed by atoms with Gasteiger partial charge in [-0.3, -0.25) is 4.79 Å². The number of piperidine rings is 1. The highest BCUT2D eigenvalue weighted by Crippen LogP contribution is 2.19. The first-order valence-electron chi connectivity index (χ1n) is 7.91. The van der Waals surface area contributed by atoms with Crippen molar-refractivity contribution in [1.82, 2.24) is 10.6 Å². The van der Waals surface area contributed by atoms with E-state index < -0.39 is 0 Å². The van der Waals surface area contributed by atoms with E-state index in [2.05, 4.69) is 29.7 Å². The highest BCUT2D eigenvalue weighted by molar-refractivity contribution is 5.94. The molecule has 23 heavy (non-hydrogen) atoms. The van der Waals surface area contributed by atoms with Crippen LogP contribution in [0.5, 0.6) is 0 Å². The van der Waals surface area contributed by atoms with Gasteiger partial charge in [-0.25, -0.2) is 0 Å². The molecule has 2 N–H and O–H groups in total. The SMILES string of the molecule is CC1CNCCC1NC(=O)c1ccc(-c2ccccc2)cc1.Cl. The molecular weight excluding hydrogens is 308 g/mol. The first-order valence-corrected chi connectivity index (χ1v) is 7.91. The van der Waals surface area contributed by atoms with Crippen molar-refractivity contribution in [3.63, 3.8) is 0 Å². The van der Waals surface area contributed by atoms with Gasteiger partial charge in [-0.15, -0.1) is 12.4 Å². The molecule has 1 fully saturated rings. The fourth-order valence-electron chi connectivity index (χ4n) is 2.92. The van der Waals surface area contributed by atoms with Crippen LogP contribution in [0.15, 0.2) is 54.6 Å². The lowest BCUT2D eigenvalue weighted by Gasteiger charge is -2.30. The monoisotopic (exact) mass is 330 g/mol. The molecule has 0 aromatic heterocycles. The Morgan fingerprint density at radius 1 is 1.04 bits per heavy atom. The minimum Gasteiger partial charge on any atom is -0.349 e. The molecule has 1 aliphatic heterocycles. The van der Waals surface area contributed by atoms with E-state index in [9.17, 15) is 4.79 Å². The van der Waals surface area contributed by atoms with Gasteiger partial charge in [-0.2, -0.15) is 0 Å². The Balaban J connectivity index is 0.00000192. The van der Waals surface area contributed by atoms with E-state index in [1.807, 2.05) is 42.5 Å². The zero-order valence-electron chi connectivity index (χ0n) is 13.3. The molecule has 1 aliphatic rings. The van der Waals surface area contributed by atoms with Crippen LogP contribution < -0.4 is 10.6 Å². The standard InChI is InChI=1S/C19H22N2O.ClH/c1-14-13-20-12-11-18(14)21-19(22)17-9-7-16(8-10-17)15-5-3-2-4-6-15;/h2-10,14,18,20H,11-13H2,1H3,(H,21,22);1H. The van der Waals surface area contributed by atoms with Crippen molar-refractivity contribution in [2.75, 3.05) is 13.1 Å². The van der Waals surface area contributed by atoms with Crippen molar-refractivity contribution in [2.45, 2.75) is 19.4 Å². The molecule has 0 radical (unpaired) electrons. The van der Waals surface area contributed by atoms with Gasteiger partial charge in [0.1, 0.15) is 0 Å². The van der Waals surface area contributed by atoms with Crippen LogP contribution in [0.25, 0.3) is 11.1 Å². The maximum absolute atomic E-state index is 12.4. The second kappa shape index (κ2) is 8.14. The molecule has 4 heteroatoms. The van der Waals surface area contributed by atoms with E-state index >= 15 is 0 Å². The average molecular weight is 331 g/mol. The summed E-state index contributed by atoms with van der Waals surface area (Å²) >= 11 is 0. The fourth-order valence-corrected chi connectivity index (χ4v) is 2.92. The maximum Gasteiger partial charge on any atom is 0.251 e. The van der Waals surface area contributed by atoms with Crippen LogP contribution in [0, 0.1) is 5.92 Å². The van der Waals surface area contributed by atoms with Crippen molar-refractivity contribution < 1.29 is 4.79 Å². The third-order valence-electron chi connectivity index (χ3n) is 4.36. The van der Waals surface area contributed by atoms with Crippen LogP contribution in [-0.4, -0.2) is 25.0 Å². The van der Waals surface area contributed by atoms with Crippen LogP contribution in [0.1, 0.15) is 23.7 Å². The summed E-state index contributed by atoms with van der Waals surface area (Å²) in [5.74, 6) is 0.500. The molecule has 3 nitrogen and oxygen atoms in total. The molecule has 2 unspecified atom stereocenters. The molecular formula is C19H23ClN2O. The van der Waals surface area contributed by atoms with Crippen molar-refractivity contribution in [2.24, 2.45) is 5.92 Å². The summed E-state index contributed by atoms with van der Waals surface area (Å²) in [4.78, 5) is 12.4. The van der Waals surface area contributed by atoms with Gasteiger partial charge in [0.2, 0.25) is 0 Å². The van der Waals surface area contributed by atoms with Gasteiger partial charge in [0.15, 0.2) is 0 Å². The Kier molecular flexibility index (Phi) is 6.20. The second-order valence-electron chi connectivity index (χ2n) is 5.99. The van der Waals surface area contributed by atoms with Gasteiger partial charge in [0.05, 0.1) is 0 Å². The molecule has 1 amide bonds. The van der Waals surface area contributed by atoms with Crippen molar-refractivity contribution in [3.8, 4) is 11.1 Å². The Labute approximate surface area is 143 Å². The highest BCUT2D eigenvalue weighted by Gasteiger charge is 2.22. The normalized spacial score (nSPS) is 20.4. The topological polar surface area (TPSA) is 41.1 Å². The fraction of sp³-hybridized carbons (Fsp3) is 0.316. The Morgan fingerprint density at radius 3 is 2.35 bits per heavy atom. The minimum absolute atomic E-state index is 0. The lowest BCUT2D eigenvalue weighted by Crippen LogP contribution is -2.48. The number of benzene rings is 2. The number of rotatable bonds is 3. The van der Waals surface area contributed by atoms with E-state index in [1.54, 1.807) is 0 Å². The molecule has 1 heterocycles. The Hall–Kier alpha value is -1.84. The van der Waals surface area contributed by atoms with Gasteiger partial charge in [0.25, 0.3) is 5.91 Å². The summed E-state index contributed by atoms with van der Waals surface area (Å²) in [5.41, 5.74) is 3.03. The predicted octanol–water partition coefficient (Wildman–Crippen LogP) is 3.50. The van der Waals surface area contributed by atoms with Crippen LogP contribution >= 0.6 is 12.4 Å². The zero-order chi connectivity index (χ0) is 15.4. The van der Waals surface area contributed by atoms with Crippen LogP contribution in [0.3, 0.4) is 0 Å². The van der Waals surface area contributed by atoms with E-state index in [0.717, 1.165) is 30.6 Å². The molecule has 2 aromatic carbocycles. The summed E-state index contributed by atoms with van der Waals surface area (Å²) < 4.78 is 0. The Bertz CT molecular complexity index is 628. The number of hydrogen-bond acceptors (Lipinski definition) is 2. The van der Waals surface area contributed by atoms with E-state index in [1.165, 1.54) is 5.56 Å². The van der Waals surface area contributed by atoms with Gasteiger partial charge in [0, 0.05) is 11.6 Å². The van der Waals surface area contributed by atoms with Gasteiger partial charge in [-0.1, -0.05) is 49.4 Å². The second-order valence-corrected chi connectivity index (χ2v) is 5.99. The molecule has 0 aliphatic carbocycles. The largest absolute Gasteiger partial charge is 0.349 e. The van der Waals surface area contributed by atoms with Gasteiger partial charge >= 0.3 is 0 Å². The Morgan fingerprint density at radius 2 is 1.70 bits per heavy atom. The number of halogens is 1. The predicted molar refractivity (Wildman–Crippen MR) is 97.0 cm³/mol. The molecule has 2 aromatic rings. The third-order valence-corrected chi connectivity index (χ3v) is 4.36. The van der Waals surface area contributed by atoms with Gasteiger partial charge in [-0.05, 0) is 48.7 Å². The van der Waals surface area contributed by atoms with Crippen LogP contribution in [-0.2, 0) is 0 Å².